The molecule has 172 valence electrons. The summed E-state index contributed by atoms with van der Waals surface area (Å²) in [4.78, 5) is 25.9. The fourth-order valence-electron chi connectivity index (χ4n) is 3.34. The molecular formula is C22H4N10S5. The molecule has 6 rings (SSSR count). The third kappa shape index (κ3) is 3.94. The van der Waals surface area contributed by atoms with Crippen molar-refractivity contribution in [2.75, 3.05) is 0 Å². The number of fused-ring (bicyclic) bond motifs is 6. The second-order valence-electron chi connectivity index (χ2n) is 6.95. The number of hydrogen-bond acceptors (Lipinski definition) is 13. The van der Waals surface area contributed by atoms with E-state index < -0.39 is 0 Å². The zero-order valence-electron chi connectivity index (χ0n) is 17.8. The highest BCUT2D eigenvalue weighted by Crippen LogP contribution is 2.46. The standard InChI is InChI=1S/C22H4N10S5/c1-25-11(7-23)27-13-5-3-9(33-13)21-29-17-15-16(32-37-31-15)18-20(19(17)35-21)36-22(30-18)10-4-6-14(34-10)28-12(8-24)26-2/h3-6H. The van der Waals surface area contributed by atoms with E-state index in [9.17, 15) is 0 Å². The molecule has 0 amide bonds. The minimum Gasteiger partial charge on any atom is -0.351 e. The lowest BCUT2D eigenvalue weighted by Gasteiger charge is -1.91. The van der Waals surface area contributed by atoms with Gasteiger partial charge in [0, 0.05) is 0 Å². The molecule has 0 aliphatic heterocycles. The molecule has 0 aliphatic carbocycles. The first-order valence-electron chi connectivity index (χ1n) is 9.90. The van der Waals surface area contributed by atoms with Crippen LogP contribution in [0, 0.1) is 35.8 Å². The Hall–Kier alpha value is -4.48. The molecule has 0 atom stereocenters. The Morgan fingerprint density at radius 2 is 1.16 bits per heavy atom. The summed E-state index contributed by atoms with van der Waals surface area (Å²) in [6.45, 7) is 14.0. The van der Waals surface area contributed by atoms with E-state index in [1.165, 1.54) is 45.3 Å². The molecule has 10 nitrogen and oxygen atoms in total. The van der Waals surface area contributed by atoms with Crippen LogP contribution in [0.4, 0.5) is 10.0 Å². The average Bonchev–Trinajstić information content (AvgIpc) is 3.72. The van der Waals surface area contributed by atoms with Gasteiger partial charge in [-0.05, 0) is 24.3 Å². The second kappa shape index (κ2) is 9.19. The summed E-state index contributed by atoms with van der Waals surface area (Å²) in [5.41, 5.74) is 2.87. The highest BCUT2D eigenvalue weighted by Gasteiger charge is 2.22. The van der Waals surface area contributed by atoms with Crippen molar-refractivity contribution in [1.29, 1.82) is 10.5 Å². The molecule has 0 saturated heterocycles. The number of benzene rings is 1. The van der Waals surface area contributed by atoms with E-state index in [4.69, 9.17) is 33.6 Å². The van der Waals surface area contributed by atoms with Gasteiger partial charge in [-0.15, -0.1) is 22.7 Å². The lowest BCUT2D eigenvalue weighted by atomic mass is 10.2. The van der Waals surface area contributed by atoms with Crippen LogP contribution < -0.4 is 0 Å². The molecule has 15 heteroatoms. The third-order valence-electron chi connectivity index (χ3n) is 4.85. The van der Waals surface area contributed by atoms with Crippen LogP contribution in [0.1, 0.15) is 0 Å². The summed E-state index contributed by atoms with van der Waals surface area (Å²) in [6, 6.07) is 10.8. The van der Waals surface area contributed by atoms with E-state index >= 15 is 0 Å². The Morgan fingerprint density at radius 3 is 1.57 bits per heavy atom. The van der Waals surface area contributed by atoms with Crippen LogP contribution in [0.3, 0.4) is 0 Å². The molecule has 0 unspecified atom stereocenters. The van der Waals surface area contributed by atoms with Crippen molar-refractivity contribution in [3.05, 3.63) is 47.1 Å². The summed E-state index contributed by atoms with van der Waals surface area (Å²) >= 11 is 6.84. The monoisotopic (exact) mass is 568 g/mol. The van der Waals surface area contributed by atoms with E-state index in [1.807, 2.05) is 12.1 Å². The van der Waals surface area contributed by atoms with E-state index in [2.05, 4.69) is 28.4 Å². The smallest absolute Gasteiger partial charge is 0.350 e. The van der Waals surface area contributed by atoms with Gasteiger partial charge in [0.15, 0.2) is 0 Å². The average molecular weight is 569 g/mol. The number of thiazole rings is 2. The quantitative estimate of drug-likeness (QED) is 0.124. The molecule has 0 bridgehead atoms. The summed E-state index contributed by atoms with van der Waals surface area (Å²) in [6.07, 6.45) is 0. The highest BCUT2D eigenvalue weighted by molar-refractivity contribution is 7.32. The summed E-state index contributed by atoms with van der Waals surface area (Å²) in [5, 5.41) is 20.6. The maximum absolute atomic E-state index is 8.99. The molecule has 0 spiro atoms. The van der Waals surface area contributed by atoms with Gasteiger partial charge in [-0.3, -0.25) is 0 Å². The van der Waals surface area contributed by atoms with E-state index in [0.717, 1.165) is 51.9 Å². The number of nitrogens with zero attached hydrogens (tertiary/aromatic N) is 10. The topological polar surface area (TPSA) is 133 Å². The van der Waals surface area contributed by atoms with Crippen molar-refractivity contribution in [2.45, 2.75) is 0 Å². The second-order valence-corrected chi connectivity index (χ2v) is 11.6. The molecule has 0 aliphatic rings. The molecule has 0 fully saturated rings. The van der Waals surface area contributed by atoms with Gasteiger partial charge in [-0.2, -0.15) is 8.75 Å². The van der Waals surface area contributed by atoms with Crippen LogP contribution in [-0.2, 0) is 0 Å². The van der Waals surface area contributed by atoms with Crippen molar-refractivity contribution < 1.29 is 0 Å². The number of rotatable bonds is 4. The SMILES string of the molecule is [C-]#[N+]C(C#N)=Nc1ccc(-c2nc3c4nsnc4c4nc(-c5ccc(N=C(C#N)[N+]#[C-])s5)sc4c3s2)s1. The Kier molecular flexibility index (Phi) is 5.70. The number of amidine groups is 2. The minimum absolute atomic E-state index is 0.216. The normalized spacial score (nSPS) is 12.0. The van der Waals surface area contributed by atoms with Gasteiger partial charge in [-0.1, -0.05) is 45.8 Å². The van der Waals surface area contributed by atoms with Crippen LogP contribution in [-0.4, -0.2) is 30.4 Å². The van der Waals surface area contributed by atoms with Crippen LogP contribution in [0.2, 0.25) is 0 Å². The molecule has 5 aromatic heterocycles. The Labute approximate surface area is 227 Å². The molecule has 37 heavy (non-hydrogen) atoms. The van der Waals surface area contributed by atoms with Gasteiger partial charge >= 0.3 is 11.7 Å². The lowest BCUT2D eigenvalue weighted by molar-refractivity contribution is 1.49. The predicted octanol–water partition coefficient (Wildman–Crippen LogP) is 7.31. The molecule has 5 heterocycles. The summed E-state index contributed by atoms with van der Waals surface area (Å²) in [5.74, 6) is -0.431. The highest BCUT2D eigenvalue weighted by atomic mass is 32.1. The number of hydrogen-bond donors (Lipinski definition) is 0. The van der Waals surface area contributed by atoms with Crippen molar-refractivity contribution in [2.24, 2.45) is 9.98 Å². The molecule has 1 aromatic carbocycles. The Balaban J connectivity index is 1.49. The zero-order valence-corrected chi connectivity index (χ0v) is 21.9. The van der Waals surface area contributed by atoms with E-state index in [-0.39, 0.29) is 11.7 Å². The molecule has 0 saturated carbocycles. The maximum atomic E-state index is 8.99. The lowest BCUT2D eigenvalue weighted by Crippen LogP contribution is -1.80. The molecule has 6 aromatic rings. The molecular weight excluding hydrogens is 565 g/mol. The van der Waals surface area contributed by atoms with Gasteiger partial charge in [0.05, 0.1) is 30.9 Å². The fraction of sp³-hybridized carbons (Fsp3) is 0. The number of aliphatic imine (C=N–C) groups is 2. The maximum Gasteiger partial charge on any atom is 0.350 e. The van der Waals surface area contributed by atoms with Gasteiger partial charge in [0.25, 0.3) is 0 Å². The largest absolute Gasteiger partial charge is 0.351 e. The van der Waals surface area contributed by atoms with Crippen LogP contribution in [0.5, 0.6) is 0 Å². The van der Waals surface area contributed by atoms with Gasteiger partial charge < -0.3 is 9.69 Å². The zero-order chi connectivity index (χ0) is 25.5. The van der Waals surface area contributed by atoms with Gasteiger partial charge in [0.2, 0.25) is 10.0 Å². The van der Waals surface area contributed by atoms with Crippen LogP contribution in [0.25, 0.3) is 60.9 Å². The van der Waals surface area contributed by atoms with Crippen molar-refractivity contribution in [1.82, 2.24) is 18.7 Å². The first kappa shape index (κ1) is 23.0. The summed E-state index contributed by atoms with van der Waals surface area (Å²) in [7, 11) is 0. The van der Waals surface area contributed by atoms with Gasteiger partial charge in [-0.25, -0.2) is 20.5 Å². The minimum atomic E-state index is -0.216. The number of aromatic nitrogens is 4. The number of thiophene rings is 2. The van der Waals surface area contributed by atoms with Crippen LogP contribution >= 0.6 is 57.1 Å². The molecule has 0 radical (unpaired) electrons. The third-order valence-corrected chi connectivity index (χ3v) is 9.95. The van der Waals surface area contributed by atoms with Crippen LogP contribution in [0.15, 0.2) is 34.3 Å². The first-order chi connectivity index (χ1) is 18.1. The van der Waals surface area contributed by atoms with Crippen molar-refractivity contribution in [3.8, 4) is 31.9 Å². The predicted molar refractivity (Wildman–Crippen MR) is 149 cm³/mol. The number of nitriles is 2. The van der Waals surface area contributed by atoms with Crippen molar-refractivity contribution >= 4 is 110 Å². The Morgan fingerprint density at radius 1 is 0.703 bits per heavy atom. The molecule has 0 N–H and O–H groups in total. The van der Waals surface area contributed by atoms with Crippen molar-refractivity contribution in [3.63, 3.8) is 0 Å². The Bertz CT molecular complexity index is 1920. The summed E-state index contributed by atoms with van der Waals surface area (Å²) < 4.78 is 10.9. The van der Waals surface area contributed by atoms with E-state index in [1.54, 1.807) is 24.3 Å². The van der Waals surface area contributed by atoms with Gasteiger partial charge in [0.1, 0.15) is 44.2 Å². The fourth-order valence-corrected chi connectivity index (χ4v) is 8.02. The first-order valence-corrected chi connectivity index (χ1v) is 13.9. The van der Waals surface area contributed by atoms with E-state index in [0.29, 0.717) is 21.0 Å².